The Morgan fingerprint density at radius 2 is 1.83 bits per heavy atom. The minimum absolute atomic E-state index is 0.752. The number of nitrogens with zero attached hydrogens (tertiary/aromatic N) is 1. The second kappa shape index (κ2) is 7.49. The van der Waals surface area contributed by atoms with Crippen LogP contribution in [0.5, 0.6) is 0 Å². The lowest BCUT2D eigenvalue weighted by atomic mass is 9.83. The predicted octanol–water partition coefficient (Wildman–Crippen LogP) is 3.42. The van der Waals surface area contributed by atoms with Crippen LogP contribution in [0.2, 0.25) is 0 Å². The summed E-state index contributed by atoms with van der Waals surface area (Å²) in [6.45, 7) is 8.39. The molecule has 0 aromatic rings. The fourth-order valence-electron chi connectivity index (χ4n) is 4.03. The number of likely N-dealkylation sites (N-methyl/N-ethyl adjacent to an activating group) is 1. The van der Waals surface area contributed by atoms with Crippen molar-refractivity contribution in [3.8, 4) is 0 Å². The van der Waals surface area contributed by atoms with Crippen LogP contribution in [0.4, 0.5) is 0 Å². The average Bonchev–Trinajstić information content (AvgIpc) is 2.86. The van der Waals surface area contributed by atoms with Crippen molar-refractivity contribution in [3.63, 3.8) is 0 Å². The second-order valence-electron chi connectivity index (χ2n) is 6.26. The topological polar surface area (TPSA) is 15.3 Å². The quantitative estimate of drug-likeness (QED) is 0.779. The summed E-state index contributed by atoms with van der Waals surface area (Å²) in [6, 6.07) is 1.62. The van der Waals surface area contributed by atoms with E-state index in [1.807, 2.05) is 0 Å². The van der Waals surface area contributed by atoms with Crippen LogP contribution in [0.3, 0.4) is 0 Å². The van der Waals surface area contributed by atoms with Crippen molar-refractivity contribution >= 4 is 0 Å². The monoisotopic (exact) mass is 252 g/mol. The number of rotatable bonds is 6. The lowest BCUT2D eigenvalue weighted by Gasteiger charge is -2.35. The Morgan fingerprint density at radius 1 is 1.06 bits per heavy atom. The molecule has 2 rings (SSSR count). The van der Waals surface area contributed by atoms with E-state index in [4.69, 9.17) is 0 Å². The van der Waals surface area contributed by atoms with Crippen molar-refractivity contribution < 1.29 is 0 Å². The molecule has 0 bridgehead atoms. The molecule has 1 heterocycles. The predicted molar refractivity (Wildman–Crippen MR) is 78.9 cm³/mol. The van der Waals surface area contributed by atoms with E-state index in [9.17, 15) is 0 Å². The van der Waals surface area contributed by atoms with Gasteiger partial charge in [0.05, 0.1) is 0 Å². The molecule has 2 atom stereocenters. The molecule has 2 fully saturated rings. The van der Waals surface area contributed by atoms with Crippen LogP contribution in [0.15, 0.2) is 0 Å². The minimum Gasteiger partial charge on any atom is -0.313 e. The van der Waals surface area contributed by atoms with E-state index in [0.717, 1.165) is 24.5 Å². The van der Waals surface area contributed by atoms with Gasteiger partial charge in [0.1, 0.15) is 0 Å². The third-order valence-corrected chi connectivity index (χ3v) is 5.09. The smallest absolute Gasteiger partial charge is 0.0223 e. The Labute approximate surface area is 114 Å². The first-order chi connectivity index (χ1) is 8.85. The summed E-state index contributed by atoms with van der Waals surface area (Å²) in [5.41, 5.74) is 0. The highest BCUT2D eigenvalue weighted by molar-refractivity contribution is 4.86. The first-order valence-corrected chi connectivity index (χ1v) is 8.32. The Kier molecular flexibility index (Phi) is 5.97. The fraction of sp³-hybridized carbons (Fsp3) is 1.00. The highest BCUT2D eigenvalue weighted by Crippen LogP contribution is 2.28. The van der Waals surface area contributed by atoms with E-state index in [1.54, 1.807) is 0 Å². The van der Waals surface area contributed by atoms with Gasteiger partial charge in [-0.05, 0) is 51.1 Å². The van der Waals surface area contributed by atoms with Gasteiger partial charge in [0.25, 0.3) is 0 Å². The molecule has 0 aromatic carbocycles. The van der Waals surface area contributed by atoms with Gasteiger partial charge in [0, 0.05) is 18.6 Å². The van der Waals surface area contributed by atoms with Crippen LogP contribution in [0, 0.1) is 5.92 Å². The lowest BCUT2D eigenvalue weighted by molar-refractivity contribution is 0.172. The zero-order valence-electron chi connectivity index (χ0n) is 12.5. The van der Waals surface area contributed by atoms with E-state index in [-0.39, 0.29) is 0 Å². The minimum atomic E-state index is 0.752. The Morgan fingerprint density at radius 3 is 2.50 bits per heavy atom. The molecule has 1 saturated carbocycles. The summed E-state index contributed by atoms with van der Waals surface area (Å²) in [4.78, 5) is 2.77. The zero-order valence-corrected chi connectivity index (χ0v) is 12.5. The van der Waals surface area contributed by atoms with E-state index in [2.05, 4.69) is 24.1 Å². The average molecular weight is 252 g/mol. The van der Waals surface area contributed by atoms with Crippen molar-refractivity contribution in [1.29, 1.82) is 0 Å². The maximum atomic E-state index is 3.78. The van der Waals surface area contributed by atoms with Crippen LogP contribution >= 0.6 is 0 Å². The molecule has 1 saturated heterocycles. The SMILES string of the molecule is CCNC(CN1CCCC1CC)C1CCCCC1. The van der Waals surface area contributed by atoms with Crippen LogP contribution in [-0.4, -0.2) is 36.6 Å². The molecule has 0 spiro atoms. The maximum Gasteiger partial charge on any atom is 0.0223 e. The van der Waals surface area contributed by atoms with E-state index >= 15 is 0 Å². The van der Waals surface area contributed by atoms with Crippen molar-refractivity contribution in [2.24, 2.45) is 5.92 Å². The Bertz CT molecular complexity index is 223. The summed E-state index contributed by atoms with van der Waals surface area (Å²) >= 11 is 0. The molecular formula is C16H32N2. The highest BCUT2D eigenvalue weighted by Gasteiger charge is 2.29. The molecule has 106 valence electrons. The number of hydrogen-bond donors (Lipinski definition) is 1. The molecule has 0 amide bonds. The number of hydrogen-bond acceptors (Lipinski definition) is 2. The van der Waals surface area contributed by atoms with E-state index < -0.39 is 0 Å². The lowest BCUT2D eigenvalue weighted by Crippen LogP contribution is -2.47. The van der Waals surface area contributed by atoms with Gasteiger partial charge in [-0.15, -0.1) is 0 Å². The summed E-state index contributed by atoms with van der Waals surface area (Å²) in [5.74, 6) is 0.941. The molecule has 2 heteroatoms. The third-order valence-electron chi connectivity index (χ3n) is 5.09. The van der Waals surface area contributed by atoms with Gasteiger partial charge in [-0.2, -0.15) is 0 Å². The molecule has 1 N–H and O–H groups in total. The summed E-state index contributed by atoms with van der Waals surface area (Å²) in [6.07, 6.45) is 11.5. The van der Waals surface area contributed by atoms with E-state index in [0.29, 0.717) is 0 Å². The van der Waals surface area contributed by atoms with E-state index in [1.165, 1.54) is 64.5 Å². The van der Waals surface area contributed by atoms with Gasteiger partial charge in [0.2, 0.25) is 0 Å². The van der Waals surface area contributed by atoms with Gasteiger partial charge in [-0.25, -0.2) is 0 Å². The molecule has 1 aliphatic carbocycles. The zero-order chi connectivity index (χ0) is 12.8. The number of likely N-dealkylation sites (tertiary alicyclic amines) is 1. The van der Waals surface area contributed by atoms with Crippen molar-refractivity contribution in [1.82, 2.24) is 10.2 Å². The van der Waals surface area contributed by atoms with Gasteiger partial charge < -0.3 is 5.32 Å². The van der Waals surface area contributed by atoms with Gasteiger partial charge >= 0.3 is 0 Å². The largest absolute Gasteiger partial charge is 0.313 e. The van der Waals surface area contributed by atoms with Crippen molar-refractivity contribution in [3.05, 3.63) is 0 Å². The van der Waals surface area contributed by atoms with Crippen LogP contribution < -0.4 is 5.32 Å². The van der Waals surface area contributed by atoms with Crippen LogP contribution in [0.25, 0.3) is 0 Å². The number of nitrogens with one attached hydrogen (secondary N) is 1. The van der Waals surface area contributed by atoms with Crippen LogP contribution in [-0.2, 0) is 0 Å². The fourth-order valence-corrected chi connectivity index (χ4v) is 4.03. The van der Waals surface area contributed by atoms with Crippen LogP contribution in [0.1, 0.15) is 65.2 Å². The molecule has 18 heavy (non-hydrogen) atoms. The van der Waals surface area contributed by atoms with Crippen molar-refractivity contribution in [2.75, 3.05) is 19.6 Å². The van der Waals surface area contributed by atoms with Gasteiger partial charge in [-0.1, -0.05) is 33.1 Å². The normalized spacial score (nSPS) is 28.7. The highest BCUT2D eigenvalue weighted by atomic mass is 15.2. The molecule has 0 aromatic heterocycles. The van der Waals surface area contributed by atoms with Crippen molar-refractivity contribution in [2.45, 2.75) is 77.3 Å². The first kappa shape index (κ1) is 14.3. The molecule has 2 aliphatic rings. The molecule has 1 aliphatic heterocycles. The molecule has 2 nitrogen and oxygen atoms in total. The Balaban J connectivity index is 1.88. The molecule has 0 radical (unpaired) electrons. The standard InChI is InChI=1S/C16H32N2/c1-3-15-11-8-12-18(15)13-16(17-4-2)14-9-6-5-7-10-14/h14-17H,3-13H2,1-2H3. The first-order valence-electron chi connectivity index (χ1n) is 8.32. The third kappa shape index (κ3) is 3.71. The summed E-state index contributed by atoms with van der Waals surface area (Å²) in [7, 11) is 0. The second-order valence-corrected chi connectivity index (χ2v) is 6.26. The summed E-state index contributed by atoms with van der Waals surface area (Å²) in [5, 5.41) is 3.78. The van der Waals surface area contributed by atoms with Gasteiger partial charge in [-0.3, -0.25) is 4.90 Å². The maximum absolute atomic E-state index is 3.78. The Hall–Kier alpha value is -0.0800. The molecule has 2 unspecified atom stereocenters. The molecular weight excluding hydrogens is 220 g/mol. The summed E-state index contributed by atoms with van der Waals surface area (Å²) < 4.78 is 0. The van der Waals surface area contributed by atoms with Gasteiger partial charge in [0.15, 0.2) is 0 Å².